The van der Waals surface area contributed by atoms with E-state index in [0.717, 1.165) is 51.1 Å². The van der Waals surface area contributed by atoms with E-state index in [1.54, 1.807) is 6.20 Å². The van der Waals surface area contributed by atoms with Gasteiger partial charge in [-0.25, -0.2) is 9.97 Å². The number of hydrogen-bond donors (Lipinski definition) is 4. The molecule has 10 nitrogen and oxygen atoms in total. The number of benzene rings is 1. The van der Waals surface area contributed by atoms with Gasteiger partial charge < -0.3 is 36.0 Å². The zero-order chi connectivity index (χ0) is 26.5. The third-order valence-corrected chi connectivity index (χ3v) is 7.24. The van der Waals surface area contributed by atoms with Crippen LogP contribution in [0.15, 0.2) is 42.6 Å². The van der Waals surface area contributed by atoms with Gasteiger partial charge >= 0.3 is 0 Å². The molecule has 2 fully saturated rings. The third-order valence-electron chi connectivity index (χ3n) is 7.24. The van der Waals surface area contributed by atoms with Crippen LogP contribution in [-0.2, 0) is 11.2 Å². The maximum Gasteiger partial charge on any atom is 0.158 e. The number of nitrogens with one attached hydrogen (secondary N) is 2. The molecule has 2 aromatic heterocycles. The predicted octanol–water partition coefficient (Wildman–Crippen LogP) is 3.14. The largest absolute Gasteiger partial charge is 0.381 e. The first kappa shape index (κ1) is 26.3. The molecule has 1 atom stereocenters. The summed E-state index contributed by atoms with van der Waals surface area (Å²) < 4.78 is 5.53. The number of rotatable bonds is 8. The van der Waals surface area contributed by atoms with Crippen molar-refractivity contribution in [2.24, 2.45) is 5.73 Å². The number of pyridine rings is 1. The molecule has 5 rings (SSSR count). The van der Waals surface area contributed by atoms with Crippen LogP contribution in [-0.4, -0.2) is 77.4 Å². The molecule has 38 heavy (non-hydrogen) atoms. The molecule has 1 unspecified atom stereocenters. The topological polar surface area (TPSA) is 125 Å². The molecule has 1 aromatic carbocycles. The molecule has 0 bridgehead atoms. The van der Waals surface area contributed by atoms with Crippen molar-refractivity contribution < 1.29 is 9.84 Å². The van der Waals surface area contributed by atoms with Gasteiger partial charge in [0.05, 0.1) is 5.69 Å². The van der Waals surface area contributed by atoms with E-state index in [-0.39, 0.29) is 11.7 Å². The van der Waals surface area contributed by atoms with Crippen molar-refractivity contribution in [2.75, 3.05) is 62.0 Å². The Balaban J connectivity index is 1.49. The quantitative estimate of drug-likeness (QED) is 0.331. The normalized spacial score (nSPS) is 17.8. The summed E-state index contributed by atoms with van der Waals surface area (Å²) in [5.74, 6) is 1.02. The number of nitrogens with zero attached hydrogens (tertiary/aromatic N) is 5. The summed E-state index contributed by atoms with van der Waals surface area (Å²) in [4.78, 5) is 19.0. The number of ether oxygens (including phenoxy) is 1. The van der Waals surface area contributed by atoms with E-state index >= 15 is 0 Å². The highest BCUT2D eigenvalue weighted by atomic mass is 16.5. The second kappa shape index (κ2) is 12.0. The number of nitrogens with two attached hydrogens (primary N) is 1. The standard InChI is InChI=1S/C28H38N8O2/c1-3-19-18-21(7-8-23(19)36-14-12-35(2)13-15-36)32-28-25(26(29)37)33-24(22-6-4-5-11-30-22)27(34-28)31-20-9-16-38-17-10-20/h4-8,11,18,20,26,37H,3,9-10,12-17,29H2,1-2H3,(H2,31,32,34). The maximum atomic E-state index is 10.5. The lowest BCUT2D eigenvalue weighted by Gasteiger charge is -2.35. The fourth-order valence-corrected chi connectivity index (χ4v) is 5.00. The summed E-state index contributed by atoms with van der Waals surface area (Å²) in [5, 5.41) is 17.4. The third kappa shape index (κ3) is 6.05. The number of aliphatic hydroxyl groups is 1. The van der Waals surface area contributed by atoms with Gasteiger partial charge in [0.25, 0.3) is 0 Å². The van der Waals surface area contributed by atoms with Crippen molar-refractivity contribution in [3.8, 4) is 11.4 Å². The highest BCUT2D eigenvalue weighted by Gasteiger charge is 2.23. The lowest BCUT2D eigenvalue weighted by molar-refractivity contribution is 0.0904. The van der Waals surface area contributed by atoms with Crippen LogP contribution < -0.4 is 21.3 Å². The van der Waals surface area contributed by atoms with Crippen LogP contribution in [0.3, 0.4) is 0 Å². The molecule has 3 aromatic rings. The van der Waals surface area contributed by atoms with E-state index in [1.807, 2.05) is 18.2 Å². The van der Waals surface area contributed by atoms with Crippen molar-refractivity contribution in [2.45, 2.75) is 38.5 Å². The molecule has 0 spiro atoms. The molecule has 10 heteroatoms. The van der Waals surface area contributed by atoms with Crippen LogP contribution in [0, 0.1) is 0 Å². The number of hydrogen-bond acceptors (Lipinski definition) is 10. The van der Waals surface area contributed by atoms with Gasteiger partial charge in [0.1, 0.15) is 17.6 Å². The first-order valence-corrected chi connectivity index (χ1v) is 13.5. The summed E-state index contributed by atoms with van der Waals surface area (Å²) in [6, 6.07) is 12.2. The minimum Gasteiger partial charge on any atom is -0.381 e. The van der Waals surface area contributed by atoms with E-state index in [2.05, 4.69) is 57.6 Å². The zero-order valence-electron chi connectivity index (χ0n) is 22.2. The number of anilines is 4. The average Bonchev–Trinajstić information content (AvgIpc) is 2.94. The fourth-order valence-electron chi connectivity index (χ4n) is 5.00. The van der Waals surface area contributed by atoms with Crippen molar-refractivity contribution in [3.05, 3.63) is 53.9 Å². The van der Waals surface area contributed by atoms with Gasteiger partial charge in [-0.05, 0) is 62.2 Å². The van der Waals surface area contributed by atoms with E-state index in [0.29, 0.717) is 36.2 Å². The predicted molar refractivity (Wildman–Crippen MR) is 151 cm³/mol. The van der Waals surface area contributed by atoms with E-state index in [1.165, 1.54) is 11.3 Å². The summed E-state index contributed by atoms with van der Waals surface area (Å²) in [5.41, 5.74) is 10.9. The number of piperazine rings is 1. The smallest absolute Gasteiger partial charge is 0.158 e. The fraction of sp³-hybridized carbons (Fsp3) is 0.464. The Morgan fingerprint density at radius 3 is 2.55 bits per heavy atom. The van der Waals surface area contributed by atoms with Gasteiger partial charge in [0.15, 0.2) is 11.6 Å². The van der Waals surface area contributed by atoms with Crippen molar-refractivity contribution >= 4 is 23.0 Å². The Kier molecular flexibility index (Phi) is 8.33. The Morgan fingerprint density at radius 1 is 1.08 bits per heavy atom. The molecular weight excluding hydrogens is 480 g/mol. The highest BCUT2D eigenvalue weighted by molar-refractivity contribution is 5.73. The van der Waals surface area contributed by atoms with E-state index in [9.17, 15) is 5.11 Å². The van der Waals surface area contributed by atoms with Gasteiger partial charge in [-0.3, -0.25) is 4.98 Å². The van der Waals surface area contributed by atoms with Gasteiger partial charge in [-0.2, -0.15) is 0 Å². The molecule has 2 saturated heterocycles. The average molecular weight is 519 g/mol. The first-order chi connectivity index (χ1) is 18.5. The lowest BCUT2D eigenvalue weighted by atomic mass is 10.1. The maximum absolute atomic E-state index is 10.5. The summed E-state index contributed by atoms with van der Waals surface area (Å²) in [6.45, 7) is 7.72. The molecule has 0 saturated carbocycles. The molecule has 0 amide bonds. The first-order valence-electron chi connectivity index (χ1n) is 13.5. The number of aromatic nitrogens is 3. The summed E-state index contributed by atoms with van der Waals surface area (Å²) in [6.07, 6.45) is 3.07. The Morgan fingerprint density at radius 2 is 1.87 bits per heavy atom. The molecule has 4 heterocycles. The molecule has 202 valence electrons. The van der Waals surface area contributed by atoms with Crippen molar-refractivity contribution in [1.82, 2.24) is 19.9 Å². The monoisotopic (exact) mass is 518 g/mol. The Labute approximate surface area is 224 Å². The molecule has 2 aliphatic heterocycles. The van der Waals surface area contributed by atoms with E-state index in [4.69, 9.17) is 20.4 Å². The van der Waals surface area contributed by atoms with Crippen molar-refractivity contribution in [1.29, 1.82) is 0 Å². The lowest BCUT2D eigenvalue weighted by Crippen LogP contribution is -2.44. The van der Waals surface area contributed by atoms with Gasteiger partial charge in [-0.15, -0.1) is 0 Å². The van der Waals surface area contributed by atoms with Crippen molar-refractivity contribution in [3.63, 3.8) is 0 Å². The second-order valence-corrected chi connectivity index (χ2v) is 9.96. The zero-order valence-corrected chi connectivity index (χ0v) is 22.2. The van der Waals surface area contributed by atoms with Crippen LogP contribution in [0.25, 0.3) is 11.4 Å². The molecule has 2 aliphatic rings. The number of aryl methyl sites for hydroxylation is 1. The molecule has 5 N–H and O–H groups in total. The van der Waals surface area contributed by atoms with Gasteiger partial charge in [-0.1, -0.05) is 13.0 Å². The summed E-state index contributed by atoms with van der Waals surface area (Å²) in [7, 11) is 2.17. The second-order valence-electron chi connectivity index (χ2n) is 9.96. The Bertz CT molecular complexity index is 1210. The molecular formula is C28H38N8O2. The SMILES string of the molecule is CCc1cc(Nc2nc(NC3CCOCC3)c(-c3ccccn3)nc2C(N)O)ccc1N1CCN(C)CC1. The minimum atomic E-state index is -1.31. The number of aliphatic hydroxyl groups excluding tert-OH is 1. The number of likely N-dealkylation sites (N-methyl/N-ethyl adjacent to an activating group) is 1. The van der Waals surface area contributed by atoms with Crippen LogP contribution in [0.5, 0.6) is 0 Å². The van der Waals surface area contributed by atoms with Crippen LogP contribution in [0.1, 0.15) is 37.3 Å². The van der Waals surface area contributed by atoms with Crippen LogP contribution in [0.4, 0.5) is 23.0 Å². The Hall–Kier alpha value is -3.31. The highest BCUT2D eigenvalue weighted by Crippen LogP contribution is 2.32. The van der Waals surface area contributed by atoms with Gasteiger partial charge in [0.2, 0.25) is 0 Å². The molecule has 0 radical (unpaired) electrons. The van der Waals surface area contributed by atoms with Crippen LogP contribution in [0.2, 0.25) is 0 Å². The molecule has 0 aliphatic carbocycles. The van der Waals surface area contributed by atoms with E-state index < -0.39 is 6.23 Å². The van der Waals surface area contributed by atoms with Gasteiger partial charge in [0, 0.05) is 63.0 Å². The van der Waals surface area contributed by atoms with Crippen LogP contribution >= 0.6 is 0 Å². The minimum absolute atomic E-state index is 0.205. The summed E-state index contributed by atoms with van der Waals surface area (Å²) >= 11 is 0.